The van der Waals surface area contributed by atoms with Gasteiger partial charge in [0.25, 0.3) is 5.09 Å². The predicted molar refractivity (Wildman–Crippen MR) is 16.8 cm³/mol. The third-order valence-electron chi connectivity index (χ3n) is 0. The number of hydrogen-bond donors (Lipinski definition) is 2. The summed E-state index contributed by atoms with van der Waals surface area (Å²) in [6.07, 6.45) is -2.08. The van der Waals surface area contributed by atoms with Gasteiger partial charge in [-0.25, -0.2) is 0 Å². The molecule has 2 N–H and O–H groups in total. The van der Waals surface area contributed by atoms with E-state index >= 15 is 0 Å². The van der Waals surface area contributed by atoms with Gasteiger partial charge in [-0.15, -0.1) is 10.1 Å². The minimum absolute atomic E-state index is 0. The Morgan fingerprint density at radius 3 is 1.56 bits per heavy atom. The Morgan fingerprint density at radius 1 is 1.56 bits per heavy atom. The second-order valence-electron chi connectivity index (χ2n) is 0.504. The van der Waals surface area contributed by atoms with Gasteiger partial charge in [-0.2, -0.15) is 0 Å². The molecule has 0 atom stereocenters. The molecule has 0 rings (SSSR count). The van der Waals surface area contributed by atoms with Crippen molar-refractivity contribution in [3.63, 3.8) is 0 Å². The van der Waals surface area contributed by atoms with Gasteiger partial charge in [0.15, 0.2) is 0 Å². The summed E-state index contributed by atoms with van der Waals surface area (Å²) >= 11 is 0. The first kappa shape index (κ1) is 15.8. The first-order valence-corrected chi connectivity index (χ1v) is 1.20. The standard InChI is InChI=1S/CH2O3.HNO3.Na/c2*2-1(3)4;/h(H2,2,3,4);(H,2,3,4);/q;;+1/p-1. The maximum atomic E-state index is 8.44. The largest absolute Gasteiger partial charge is 1.00 e. The summed E-state index contributed by atoms with van der Waals surface area (Å²) in [6, 6.07) is 0. The molecule has 0 aliphatic heterocycles. The van der Waals surface area contributed by atoms with Gasteiger partial charge in [-0.3, -0.25) is 0 Å². The van der Waals surface area contributed by atoms with Crippen LogP contribution in [0.1, 0.15) is 0 Å². The monoisotopic (exact) mass is 147 g/mol. The van der Waals surface area contributed by atoms with Crippen LogP contribution in [0.3, 0.4) is 0 Å². The van der Waals surface area contributed by atoms with Crippen LogP contribution in [-0.4, -0.2) is 21.6 Å². The number of rotatable bonds is 0. The molecular weight excluding hydrogens is 145 g/mol. The zero-order valence-corrected chi connectivity index (χ0v) is 6.47. The Labute approximate surface area is 71.3 Å². The number of carboxylic acid groups (broad SMARTS) is 2. The Balaban J connectivity index is -0.0000000720. The van der Waals surface area contributed by atoms with Crippen molar-refractivity contribution in [3.8, 4) is 0 Å². The third kappa shape index (κ3) is 796. The summed E-state index contributed by atoms with van der Waals surface area (Å²) in [5, 5.41) is 28.9. The first-order chi connectivity index (χ1) is 3.46. The van der Waals surface area contributed by atoms with E-state index < -0.39 is 11.2 Å². The van der Waals surface area contributed by atoms with Gasteiger partial charge < -0.3 is 20.2 Å². The molecule has 0 saturated heterocycles. The van der Waals surface area contributed by atoms with Crippen molar-refractivity contribution in [2.45, 2.75) is 0 Å². The second-order valence-corrected chi connectivity index (χ2v) is 0.504. The van der Waals surface area contributed by atoms with Gasteiger partial charge in [-0.05, 0) is 0 Å². The normalized spacial score (nSPS) is 5.33. The fourth-order valence-corrected chi connectivity index (χ4v) is 0. The molecule has 0 aromatic rings. The van der Waals surface area contributed by atoms with Crippen molar-refractivity contribution in [2.24, 2.45) is 0 Å². The SMILES string of the molecule is O=C([O-])O.O=[N+]([O-])O.[Na+]. The zero-order chi connectivity index (χ0) is 7.15. The van der Waals surface area contributed by atoms with Crippen LogP contribution in [0.25, 0.3) is 0 Å². The Morgan fingerprint density at radius 2 is 1.56 bits per heavy atom. The van der Waals surface area contributed by atoms with Crippen LogP contribution in [0, 0.1) is 10.1 Å². The second kappa shape index (κ2) is 10.5. The summed E-state index contributed by atoms with van der Waals surface area (Å²) in [7, 11) is 0. The van der Waals surface area contributed by atoms with Crippen molar-refractivity contribution >= 4 is 6.16 Å². The van der Waals surface area contributed by atoms with Crippen LogP contribution < -0.4 is 34.7 Å². The average Bonchev–Trinajstić information content (AvgIpc) is 1.25. The van der Waals surface area contributed by atoms with Gasteiger partial charge in [0.1, 0.15) is 0 Å². The molecule has 0 aromatic heterocycles. The topological polar surface area (TPSA) is 124 Å². The van der Waals surface area contributed by atoms with E-state index in [-0.39, 0.29) is 29.6 Å². The van der Waals surface area contributed by atoms with Crippen molar-refractivity contribution in [2.75, 3.05) is 0 Å². The molecule has 48 valence electrons. The minimum atomic E-state index is -2.08. The molecule has 8 heteroatoms. The number of hydrogen-bond acceptors (Lipinski definition) is 4. The van der Waals surface area contributed by atoms with Crippen LogP contribution in [0.2, 0.25) is 0 Å². The van der Waals surface area contributed by atoms with Gasteiger partial charge in [0.05, 0.1) is 0 Å². The molecule has 9 heavy (non-hydrogen) atoms. The van der Waals surface area contributed by atoms with Gasteiger partial charge in [0.2, 0.25) is 6.16 Å². The van der Waals surface area contributed by atoms with Crippen LogP contribution in [0.15, 0.2) is 0 Å². The first-order valence-electron chi connectivity index (χ1n) is 1.20. The van der Waals surface area contributed by atoms with Crippen molar-refractivity contribution in [1.82, 2.24) is 0 Å². The van der Waals surface area contributed by atoms with Gasteiger partial charge in [-0.1, -0.05) is 0 Å². The number of nitrogens with zero attached hydrogens (tertiary/aromatic N) is 1. The molecule has 0 bridgehead atoms. The van der Waals surface area contributed by atoms with Crippen molar-refractivity contribution < 1.29 is 54.9 Å². The maximum Gasteiger partial charge on any atom is 1.00 e. The summed E-state index contributed by atoms with van der Waals surface area (Å²) < 4.78 is 0. The zero-order valence-electron chi connectivity index (χ0n) is 4.47. The molecule has 7 nitrogen and oxygen atoms in total. The van der Waals surface area contributed by atoms with E-state index in [4.69, 9.17) is 30.3 Å². The van der Waals surface area contributed by atoms with E-state index in [2.05, 4.69) is 0 Å². The van der Waals surface area contributed by atoms with Gasteiger partial charge in [0, 0.05) is 0 Å². The van der Waals surface area contributed by atoms with E-state index in [0.717, 1.165) is 0 Å². The fourth-order valence-electron chi connectivity index (χ4n) is 0. The summed E-state index contributed by atoms with van der Waals surface area (Å²) in [4.78, 5) is 16.8. The van der Waals surface area contributed by atoms with Gasteiger partial charge >= 0.3 is 29.6 Å². The smallest absolute Gasteiger partial charge is 0.565 e. The summed E-state index contributed by atoms with van der Waals surface area (Å²) in [5.41, 5.74) is 0. The van der Waals surface area contributed by atoms with Crippen molar-refractivity contribution in [3.05, 3.63) is 10.1 Å². The van der Waals surface area contributed by atoms with E-state index in [0.29, 0.717) is 0 Å². The van der Waals surface area contributed by atoms with Crippen molar-refractivity contribution in [1.29, 1.82) is 0 Å². The molecular formula is CH2NNaO6. The minimum Gasteiger partial charge on any atom is -0.565 e. The Hall–Kier alpha value is -0.530. The molecule has 0 aliphatic rings. The summed E-state index contributed by atoms with van der Waals surface area (Å²) in [5.74, 6) is 0. The maximum absolute atomic E-state index is 8.44. The quantitative estimate of drug-likeness (QED) is 0.202. The predicted octanol–water partition coefficient (Wildman–Crippen LogP) is -4.46. The van der Waals surface area contributed by atoms with E-state index in [1.807, 2.05) is 0 Å². The third-order valence-corrected chi connectivity index (χ3v) is 0. The van der Waals surface area contributed by atoms with E-state index in [1.165, 1.54) is 0 Å². The Kier molecular flexibility index (Phi) is 18.3. The van der Waals surface area contributed by atoms with Crippen LogP contribution >= 0.6 is 0 Å². The fraction of sp³-hybridized carbons (Fsp3) is 0. The molecule has 0 heterocycles. The molecule has 0 unspecified atom stereocenters. The van der Waals surface area contributed by atoms with Crippen LogP contribution in [0.4, 0.5) is 4.79 Å². The number of carbonyl (C=O) groups is 1. The summed E-state index contributed by atoms with van der Waals surface area (Å²) in [6.45, 7) is 0. The van der Waals surface area contributed by atoms with E-state index in [9.17, 15) is 0 Å². The Bertz CT molecular complexity index is 71.1. The van der Waals surface area contributed by atoms with E-state index in [1.54, 1.807) is 0 Å². The molecule has 0 fully saturated rings. The molecule has 0 amide bonds. The van der Waals surface area contributed by atoms with Crippen LogP contribution in [0.5, 0.6) is 0 Å². The van der Waals surface area contributed by atoms with Crippen LogP contribution in [-0.2, 0) is 0 Å². The molecule has 0 radical (unpaired) electrons. The molecule has 0 aromatic carbocycles. The molecule has 0 aliphatic carbocycles. The average molecular weight is 147 g/mol. The molecule has 0 saturated carbocycles. The molecule has 0 spiro atoms.